The second kappa shape index (κ2) is 6.44. The highest BCUT2D eigenvalue weighted by Crippen LogP contribution is 2.43. The van der Waals surface area contributed by atoms with Gasteiger partial charge >= 0.3 is 0 Å². The number of hydrogen-bond acceptors (Lipinski definition) is 2. The number of thiophene rings is 1. The number of amides is 1. The van der Waals surface area contributed by atoms with E-state index in [9.17, 15) is 4.79 Å². The monoisotopic (exact) mass is 338 g/mol. The molecule has 0 unspecified atom stereocenters. The Bertz CT molecular complexity index is 828. The van der Waals surface area contributed by atoms with Gasteiger partial charge in [-0.1, -0.05) is 37.1 Å². The predicted molar refractivity (Wildman–Crippen MR) is 99.5 cm³/mol. The van der Waals surface area contributed by atoms with Gasteiger partial charge in [-0.2, -0.15) is 0 Å². The van der Waals surface area contributed by atoms with Crippen molar-refractivity contribution in [2.75, 3.05) is 6.54 Å². The molecule has 0 saturated heterocycles. The Morgan fingerprint density at radius 3 is 2.79 bits per heavy atom. The van der Waals surface area contributed by atoms with E-state index in [-0.39, 0.29) is 11.3 Å². The number of rotatable bonds is 5. The van der Waals surface area contributed by atoms with E-state index in [2.05, 4.69) is 52.2 Å². The molecule has 24 heavy (non-hydrogen) atoms. The molecular weight excluding hydrogens is 316 g/mol. The molecule has 124 valence electrons. The quantitative estimate of drug-likeness (QED) is 0.711. The SMILES string of the molecule is O=C(NCCc1c[nH]c2ccccc12)C1(c2cccs2)CCCC1. The van der Waals surface area contributed by atoms with E-state index in [0.29, 0.717) is 6.54 Å². The lowest BCUT2D eigenvalue weighted by molar-refractivity contribution is -0.126. The molecule has 3 nitrogen and oxygen atoms in total. The Balaban J connectivity index is 1.44. The van der Waals surface area contributed by atoms with E-state index in [1.54, 1.807) is 11.3 Å². The molecule has 0 atom stereocenters. The number of fused-ring (bicyclic) bond motifs is 1. The maximum absolute atomic E-state index is 12.9. The summed E-state index contributed by atoms with van der Waals surface area (Å²) in [5.74, 6) is 0.210. The summed E-state index contributed by atoms with van der Waals surface area (Å²) in [6.45, 7) is 0.688. The van der Waals surface area contributed by atoms with Crippen molar-refractivity contribution >= 4 is 28.1 Å². The zero-order valence-corrected chi connectivity index (χ0v) is 14.5. The summed E-state index contributed by atoms with van der Waals surface area (Å²) in [6.07, 6.45) is 7.16. The first-order chi connectivity index (χ1) is 11.8. The minimum Gasteiger partial charge on any atom is -0.361 e. The van der Waals surface area contributed by atoms with Gasteiger partial charge in [-0.25, -0.2) is 0 Å². The zero-order valence-electron chi connectivity index (χ0n) is 13.7. The minimum atomic E-state index is -0.283. The van der Waals surface area contributed by atoms with Crippen LogP contribution < -0.4 is 5.32 Å². The first-order valence-electron chi connectivity index (χ1n) is 8.67. The van der Waals surface area contributed by atoms with E-state index >= 15 is 0 Å². The van der Waals surface area contributed by atoms with Crippen LogP contribution in [0.25, 0.3) is 10.9 Å². The Morgan fingerprint density at radius 2 is 2.00 bits per heavy atom. The van der Waals surface area contributed by atoms with Gasteiger partial charge in [0.2, 0.25) is 5.91 Å². The second-order valence-corrected chi connectivity index (χ2v) is 7.58. The molecule has 4 rings (SSSR count). The van der Waals surface area contributed by atoms with Crippen LogP contribution in [0.2, 0.25) is 0 Å². The van der Waals surface area contributed by atoms with Gasteiger partial charge in [-0.3, -0.25) is 4.79 Å². The van der Waals surface area contributed by atoms with Crippen molar-refractivity contribution in [3.05, 3.63) is 58.4 Å². The van der Waals surface area contributed by atoms with Crippen LogP contribution in [0.4, 0.5) is 0 Å². The number of para-hydroxylation sites is 1. The average Bonchev–Trinajstić information content (AvgIpc) is 3.35. The second-order valence-electron chi connectivity index (χ2n) is 6.63. The standard InChI is InChI=1S/C20H22N2OS/c23-19(20(10-3-4-11-20)18-8-5-13-24-18)21-12-9-15-14-22-17-7-2-1-6-16(15)17/h1-2,5-8,13-14,22H,3-4,9-12H2,(H,21,23). The van der Waals surface area contributed by atoms with E-state index in [0.717, 1.165) is 37.6 Å². The highest BCUT2D eigenvalue weighted by atomic mass is 32.1. The molecule has 4 heteroatoms. The molecule has 1 aliphatic rings. The normalized spacial score (nSPS) is 16.5. The average molecular weight is 338 g/mol. The molecule has 1 fully saturated rings. The van der Waals surface area contributed by atoms with Crippen LogP contribution in [0.5, 0.6) is 0 Å². The Morgan fingerprint density at radius 1 is 1.17 bits per heavy atom. The fourth-order valence-electron chi connectivity index (χ4n) is 3.93. The molecule has 1 saturated carbocycles. The molecule has 2 aromatic heterocycles. The number of hydrogen-bond donors (Lipinski definition) is 2. The van der Waals surface area contributed by atoms with Crippen LogP contribution in [0, 0.1) is 0 Å². The van der Waals surface area contributed by atoms with Gasteiger partial charge in [0.15, 0.2) is 0 Å². The lowest BCUT2D eigenvalue weighted by Gasteiger charge is -2.26. The topological polar surface area (TPSA) is 44.9 Å². The van der Waals surface area contributed by atoms with E-state index in [1.807, 2.05) is 6.07 Å². The van der Waals surface area contributed by atoms with Crippen molar-refractivity contribution in [1.82, 2.24) is 10.3 Å². The van der Waals surface area contributed by atoms with E-state index < -0.39 is 0 Å². The smallest absolute Gasteiger partial charge is 0.231 e. The number of H-pyrrole nitrogens is 1. The molecule has 3 aromatic rings. The van der Waals surface area contributed by atoms with Gasteiger partial charge in [-0.15, -0.1) is 11.3 Å². The van der Waals surface area contributed by atoms with Crippen LogP contribution in [0.3, 0.4) is 0 Å². The number of carbonyl (C=O) groups is 1. The molecule has 0 aliphatic heterocycles. The fraction of sp³-hybridized carbons (Fsp3) is 0.350. The zero-order chi connectivity index (χ0) is 16.4. The maximum atomic E-state index is 12.9. The summed E-state index contributed by atoms with van der Waals surface area (Å²) in [5.41, 5.74) is 2.14. The number of benzene rings is 1. The molecule has 2 N–H and O–H groups in total. The maximum Gasteiger partial charge on any atom is 0.231 e. The van der Waals surface area contributed by atoms with Gasteiger partial charge in [0.05, 0.1) is 5.41 Å². The van der Waals surface area contributed by atoms with Crippen molar-refractivity contribution in [2.45, 2.75) is 37.5 Å². The van der Waals surface area contributed by atoms with Gasteiger partial charge in [0.25, 0.3) is 0 Å². The fourth-order valence-corrected chi connectivity index (χ4v) is 4.92. The third-order valence-corrected chi connectivity index (χ3v) is 6.31. The summed E-state index contributed by atoms with van der Waals surface area (Å²) in [5, 5.41) is 6.54. The number of carbonyl (C=O) groups excluding carboxylic acids is 1. The van der Waals surface area contributed by atoms with Crippen molar-refractivity contribution < 1.29 is 4.79 Å². The van der Waals surface area contributed by atoms with Gasteiger partial charge in [-0.05, 0) is 42.3 Å². The van der Waals surface area contributed by atoms with Crippen molar-refractivity contribution in [3.63, 3.8) is 0 Å². The van der Waals surface area contributed by atoms with Crippen LogP contribution >= 0.6 is 11.3 Å². The minimum absolute atomic E-state index is 0.210. The van der Waals surface area contributed by atoms with Gasteiger partial charge in [0, 0.05) is 28.5 Å². The summed E-state index contributed by atoms with van der Waals surface area (Å²) in [4.78, 5) is 17.5. The van der Waals surface area contributed by atoms with Crippen molar-refractivity contribution in [2.24, 2.45) is 0 Å². The van der Waals surface area contributed by atoms with Crippen molar-refractivity contribution in [1.29, 1.82) is 0 Å². The van der Waals surface area contributed by atoms with Crippen LogP contribution in [-0.2, 0) is 16.6 Å². The summed E-state index contributed by atoms with van der Waals surface area (Å²) in [7, 11) is 0. The first kappa shape index (κ1) is 15.5. The molecular formula is C20H22N2OS. The van der Waals surface area contributed by atoms with Crippen LogP contribution in [-0.4, -0.2) is 17.4 Å². The lowest BCUT2D eigenvalue weighted by atomic mass is 9.83. The molecule has 0 bridgehead atoms. The highest BCUT2D eigenvalue weighted by Gasteiger charge is 2.43. The molecule has 0 spiro atoms. The van der Waals surface area contributed by atoms with Gasteiger partial charge < -0.3 is 10.3 Å². The van der Waals surface area contributed by atoms with Crippen molar-refractivity contribution in [3.8, 4) is 0 Å². The number of nitrogens with one attached hydrogen (secondary N) is 2. The van der Waals surface area contributed by atoms with E-state index in [4.69, 9.17) is 0 Å². The highest BCUT2D eigenvalue weighted by molar-refractivity contribution is 7.10. The summed E-state index contributed by atoms with van der Waals surface area (Å²) in [6, 6.07) is 12.5. The molecule has 2 heterocycles. The van der Waals surface area contributed by atoms with Gasteiger partial charge in [0.1, 0.15) is 0 Å². The Hall–Kier alpha value is -2.07. The molecule has 1 amide bonds. The molecule has 1 aliphatic carbocycles. The Labute approximate surface area is 146 Å². The number of aromatic nitrogens is 1. The molecule has 1 aromatic carbocycles. The van der Waals surface area contributed by atoms with Crippen LogP contribution in [0.1, 0.15) is 36.1 Å². The van der Waals surface area contributed by atoms with E-state index in [1.165, 1.54) is 15.8 Å². The lowest BCUT2D eigenvalue weighted by Crippen LogP contribution is -2.42. The third-order valence-electron chi connectivity index (χ3n) is 5.24. The summed E-state index contributed by atoms with van der Waals surface area (Å²) < 4.78 is 0. The largest absolute Gasteiger partial charge is 0.361 e. The Kier molecular flexibility index (Phi) is 4.15. The third kappa shape index (κ3) is 2.65. The first-order valence-corrected chi connectivity index (χ1v) is 9.55. The summed E-state index contributed by atoms with van der Waals surface area (Å²) >= 11 is 1.71. The predicted octanol–water partition coefficient (Wildman–Crippen LogP) is 4.40. The van der Waals surface area contributed by atoms with Crippen LogP contribution in [0.15, 0.2) is 48.0 Å². The number of aromatic amines is 1. The molecule has 0 radical (unpaired) electrons.